The van der Waals surface area contributed by atoms with E-state index in [-0.39, 0.29) is 18.4 Å². The van der Waals surface area contributed by atoms with E-state index in [0.717, 1.165) is 19.3 Å². The maximum Gasteiger partial charge on any atom is 0.322 e. The molecule has 1 atom stereocenters. The average molecular weight is 491 g/mol. The summed E-state index contributed by atoms with van der Waals surface area (Å²) in [6.07, 6.45) is 2.32. The van der Waals surface area contributed by atoms with Crippen molar-refractivity contribution in [1.29, 1.82) is 0 Å². The van der Waals surface area contributed by atoms with Crippen LogP contribution >= 0.6 is 11.6 Å². The molecule has 4 rings (SSSR count). The summed E-state index contributed by atoms with van der Waals surface area (Å²) in [5, 5.41) is 6.26. The molecular weight excluding hydrogens is 462 g/mol. The van der Waals surface area contributed by atoms with Gasteiger partial charge in [-0.05, 0) is 61.9 Å². The van der Waals surface area contributed by atoms with Crippen LogP contribution in [0.3, 0.4) is 0 Å². The van der Waals surface area contributed by atoms with E-state index < -0.39 is 23.4 Å². The van der Waals surface area contributed by atoms with Crippen LogP contribution in [0.4, 0.5) is 25.0 Å². The van der Waals surface area contributed by atoms with Gasteiger partial charge in [-0.15, -0.1) is 0 Å². The molecule has 0 aliphatic carbocycles. The topological polar surface area (TPSA) is 64.7 Å². The first-order chi connectivity index (χ1) is 16.3. The Balaban J connectivity index is 1.33. The van der Waals surface area contributed by atoms with Crippen LogP contribution in [-0.4, -0.2) is 55.5 Å². The van der Waals surface area contributed by atoms with Crippen LogP contribution in [0, 0.1) is 11.6 Å². The van der Waals surface area contributed by atoms with Crippen molar-refractivity contribution in [3.8, 4) is 0 Å². The maximum atomic E-state index is 14.8. The predicted octanol–water partition coefficient (Wildman–Crippen LogP) is 4.79. The van der Waals surface area contributed by atoms with Gasteiger partial charge in [0.25, 0.3) is 0 Å². The van der Waals surface area contributed by atoms with E-state index in [0.29, 0.717) is 42.8 Å². The van der Waals surface area contributed by atoms with Crippen LogP contribution in [0.2, 0.25) is 5.02 Å². The number of ketones is 1. The Morgan fingerprint density at radius 1 is 1.03 bits per heavy atom. The van der Waals surface area contributed by atoms with Gasteiger partial charge in [0.15, 0.2) is 11.6 Å². The molecule has 0 saturated carbocycles. The van der Waals surface area contributed by atoms with E-state index in [2.05, 4.69) is 10.6 Å². The lowest BCUT2D eigenvalue weighted by Crippen LogP contribution is -2.40. The van der Waals surface area contributed by atoms with Gasteiger partial charge in [-0.1, -0.05) is 23.7 Å². The highest BCUT2D eigenvalue weighted by atomic mass is 35.5. The molecule has 2 heterocycles. The maximum absolute atomic E-state index is 14.8. The SMILES string of the molecule is CC(=O)CNC1CCN(c2cc(F)c(NC(=O)N3CCC(c4ccc(Cl)cc4)CC3)c(F)c2)C1. The lowest BCUT2D eigenvalue weighted by Gasteiger charge is -2.32. The fraction of sp³-hybridized carbons (Fsp3) is 0.440. The van der Waals surface area contributed by atoms with Crippen molar-refractivity contribution >= 4 is 34.8 Å². The number of amides is 2. The number of benzene rings is 2. The summed E-state index contributed by atoms with van der Waals surface area (Å²) in [4.78, 5) is 27.3. The van der Waals surface area contributed by atoms with Gasteiger partial charge in [-0.2, -0.15) is 0 Å². The smallest absolute Gasteiger partial charge is 0.322 e. The molecule has 2 saturated heterocycles. The molecule has 2 N–H and O–H groups in total. The molecule has 2 aromatic carbocycles. The number of carbonyl (C=O) groups is 2. The zero-order valence-electron chi connectivity index (χ0n) is 19.1. The quantitative estimate of drug-likeness (QED) is 0.611. The summed E-state index contributed by atoms with van der Waals surface area (Å²) in [5.74, 6) is -1.24. The molecule has 2 aromatic rings. The van der Waals surface area contributed by atoms with E-state index in [1.807, 2.05) is 29.2 Å². The number of halogens is 3. The molecular formula is C25H29ClF2N4O2. The molecule has 0 aromatic heterocycles. The van der Waals surface area contributed by atoms with E-state index in [4.69, 9.17) is 11.6 Å². The first-order valence-corrected chi connectivity index (χ1v) is 12.0. The Labute approximate surface area is 203 Å². The molecule has 2 aliphatic rings. The summed E-state index contributed by atoms with van der Waals surface area (Å²) in [6, 6.07) is 9.79. The first kappa shape index (κ1) is 24.4. The minimum absolute atomic E-state index is 0.0461. The van der Waals surface area contributed by atoms with Crippen molar-refractivity contribution in [3.05, 3.63) is 58.6 Å². The third kappa shape index (κ3) is 5.85. The van der Waals surface area contributed by atoms with Crippen LogP contribution in [-0.2, 0) is 4.79 Å². The van der Waals surface area contributed by atoms with Gasteiger partial charge in [0.2, 0.25) is 0 Å². The molecule has 9 heteroatoms. The van der Waals surface area contributed by atoms with E-state index in [1.165, 1.54) is 24.6 Å². The van der Waals surface area contributed by atoms with E-state index in [1.54, 1.807) is 4.90 Å². The van der Waals surface area contributed by atoms with Crippen molar-refractivity contribution in [2.45, 2.75) is 38.1 Å². The summed E-state index contributed by atoms with van der Waals surface area (Å²) in [6.45, 7) is 3.98. The number of anilines is 2. The third-order valence-electron chi connectivity index (χ3n) is 6.58. The lowest BCUT2D eigenvalue weighted by atomic mass is 9.89. The fourth-order valence-electron chi connectivity index (χ4n) is 4.65. The van der Waals surface area contributed by atoms with Crippen LogP contribution in [0.25, 0.3) is 0 Å². The Hall–Kier alpha value is -2.71. The number of urea groups is 1. The Kier molecular flexibility index (Phi) is 7.68. The van der Waals surface area contributed by atoms with Crippen molar-refractivity contribution in [2.75, 3.05) is 42.9 Å². The van der Waals surface area contributed by atoms with Crippen molar-refractivity contribution in [2.24, 2.45) is 0 Å². The summed E-state index contributed by atoms with van der Waals surface area (Å²) in [5.41, 5.74) is 1.17. The molecule has 2 amide bonds. The monoisotopic (exact) mass is 490 g/mol. The first-order valence-electron chi connectivity index (χ1n) is 11.6. The highest BCUT2D eigenvalue weighted by Crippen LogP contribution is 2.31. The lowest BCUT2D eigenvalue weighted by molar-refractivity contribution is -0.116. The number of carbonyl (C=O) groups excluding carboxylic acids is 2. The van der Waals surface area contributed by atoms with Crippen LogP contribution in [0.15, 0.2) is 36.4 Å². The standard InChI is InChI=1S/C25H29ClF2N4O2/c1-16(33)14-29-20-8-11-32(15-20)21-12-22(27)24(23(28)13-21)30-25(34)31-9-6-18(7-10-31)17-2-4-19(26)5-3-17/h2-5,12-13,18,20,29H,6-11,14-15H2,1H3,(H,30,34). The van der Waals surface area contributed by atoms with Crippen LogP contribution in [0.5, 0.6) is 0 Å². The van der Waals surface area contributed by atoms with Gasteiger partial charge in [0.05, 0.1) is 6.54 Å². The molecule has 1 unspecified atom stereocenters. The van der Waals surface area contributed by atoms with Crippen molar-refractivity contribution in [3.63, 3.8) is 0 Å². The molecule has 0 spiro atoms. The van der Waals surface area contributed by atoms with Gasteiger partial charge in [-0.25, -0.2) is 13.6 Å². The molecule has 2 aliphatic heterocycles. The summed E-state index contributed by atoms with van der Waals surface area (Å²) >= 11 is 5.95. The number of nitrogens with one attached hydrogen (secondary N) is 2. The highest BCUT2D eigenvalue weighted by Gasteiger charge is 2.27. The van der Waals surface area contributed by atoms with E-state index in [9.17, 15) is 18.4 Å². The highest BCUT2D eigenvalue weighted by molar-refractivity contribution is 6.30. The Morgan fingerprint density at radius 2 is 1.68 bits per heavy atom. The van der Waals surface area contributed by atoms with Crippen LogP contribution < -0.4 is 15.5 Å². The average Bonchev–Trinajstić information content (AvgIpc) is 3.30. The number of hydrogen-bond acceptors (Lipinski definition) is 4. The zero-order valence-corrected chi connectivity index (χ0v) is 19.9. The second kappa shape index (κ2) is 10.7. The molecule has 2 fully saturated rings. The van der Waals surface area contributed by atoms with Gasteiger partial charge in [0.1, 0.15) is 11.5 Å². The predicted molar refractivity (Wildman–Crippen MR) is 130 cm³/mol. The summed E-state index contributed by atoms with van der Waals surface area (Å²) < 4.78 is 29.6. The van der Waals surface area contributed by atoms with Crippen molar-refractivity contribution < 1.29 is 18.4 Å². The normalized spacial score (nSPS) is 18.9. The van der Waals surface area contributed by atoms with Crippen molar-refractivity contribution in [1.82, 2.24) is 10.2 Å². The number of hydrogen-bond donors (Lipinski definition) is 2. The zero-order chi connectivity index (χ0) is 24.2. The van der Waals surface area contributed by atoms with Crippen LogP contribution in [0.1, 0.15) is 37.7 Å². The Bertz CT molecular complexity index is 1020. The molecule has 0 bridgehead atoms. The molecule has 6 nitrogen and oxygen atoms in total. The number of likely N-dealkylation sites (tertiary alicyclic amines) is 1. The largest absolute Gasteiger partial charge is 0.370 e. The molecule has 0 radical (unpaired) electrons. The van der Waals surface area contributed by atoms with Gasteiger partial charge >= 0.3 is 6.03 Å². The number of nitrogens with zero attached hydrogens (tertiary/aromatic N) is 2. The fourth-order valence-corrected chi connectivity index (χ4v) is 4.77. The minimum Gasteiger partial charge on any atom is -0.370 e. The second-order valence-electron chi connectivity index (χ2n) is 9.04. The number of Topliss-reactive ketones (excluding diaryl/α,β-unsaturated/α-hetero) is 1. The van der Waals surface area contributed by atoms with Gasteiger partial charge in [0, 0.05) is 42.9 Å². The molecule has 34 heavy (non-hydrogen) atoms. The molecule has 182 valence electrons. The number of piperidine rings is 1. The summed E-state index contributed by atoms with van der Waals surface area (Å²) in [7, 11) is 0. The second-order valence-corrected chi connectivity index (χ2v) is 9.48. The third-order valence-corrected chi connectivity index (χ3v) is 6.83. The van der Waals surface area contributed by atoms with Gasteiger partial charge in [-0.3, -0.25) is 4.79 Å². The van der Waals surface area contributed by atoms with E-state index >= 15 is 0 Å². The number of rotatable bonds is 6. The Morgan fingerprint density at radius 3 is 2.29 bits per heavy atom. The minimum atomic E-state index is -0.806. The van der Waals surface area contributed by atoms with Gasteiger partial charge < -0.3 is 20.4 Å².